The average Bonchev–Trinajstić information content (AvgIpc) is 2.82. The fraction of sp³-hybridized carbons (Fsp3) is 0.700. The Bertz CT molecular complexity index is 442. The van der Waals surface area contributed by atoms with Crippen LogP contribution in [0.15, 0.2) is 5.76 Å². The second-order valence-electron chi connectivity index (χ2n) is 4.49. The predicted molar refractivity (Wildman–Crippen MR) is 61.8 cm³/mol. The zero-order chi connectivity index (χ0) is 11.1. The van der Waals surface area contributed by atoms with Gasteiger partial charge < -0.3 is 4.74 Å². The first-order chi connectivity index (χ1) is 7.78. The lowest BCUT2D eigenvalue weighted by atomic mass is 10.1. The fourth-order valence-electron chi connectivity index (χ4n) is 2.35. The van der Waals surface area contributed by atoms with E-state index < -0.39 is 0 Å². The first-order valence-electron chi connectivity index (χ1n) is 5.49. The molecule has 0 amide bonds. The van der Waals surface area contributed by atoms with Crippen LogP contribution in [0.4, 0.5) is 0 Å². The van der Waals surface area contributed by atoms with Crippen LogP contribution >= 0.6 is 15.9 Å². The summed E-state index contributed by atoms with van der Waals surface area (Å²) in [5, 5.41) is 12.8. The maximum absolute atomic E-state index is 5.92. The lowest BCUT2D eigenvalue weighted by molar-refractivity contribution is 0.149. The summed E-state index contributed by atoms with van der Waals surface area (Å²) in [4.78, 5) is 0. The molecule has 2 aliphatic heterocycles. The number of fused-ring (bicyclic) bond motifs is 2. The van der Waals surface area contributed by atoms with E-state index in [0.717, 1.165) is 36.3 Å². The highest BCUT2D eigenvalue weighted by atomic mass is 79.9. The third kappa shape index (κ3) is 1.55. The molecule has 1 aromatic heterocycles. The van der Waals surface area contributed by atoms with Crippen LogP contribution in [0.2, 0.25) is 0 Å². The first-order valence-corrected chi connectivity index (χ1v) is 6.61. The second kappa shape index (κ2) is 3.84. The lowest BCUT2D eigenvalue weighted by Gasteiger charge is -2.13. The number of nitrogens with zero attached hydrogens (tertiary/aromatic N) is 4. The molecule has 2 aliphatic rings. The number of hydrogen-bond donors (Lipinski definition) is 0. The Morgan fingerprint density at radius 2 is 2.38 bits per heavy atom. The van der Waals surface area contributed by atoms with Crippen molar-refractivity contribution in [3.63, 3.8) is 0 Å². The van der Waals surface area contributed by atoms with Crippen molar-refractivity contribution in [2.45, 2.75) is 32.4 Å². The van der Waals surface area contributed by atoms with E-state index in [-0.39, 0.29) is 6.10 Å². The molecule has 0 bridgehead atoms. The molecular weight excluding hydrogens is 272 g/mol. The van der Waals surface area contributed by atoms with Crippen molar-refractivity contribution in [3.8, 4) is 0 Å². The summed E-state index contributed by atoms with van der Waals surface area (Å²) in [5.74, 6) is 2.50. The van der Waals surface area contributed by atoms with Crippen molar-refractivity contribution < 1.29 is 4.74 Å². The highest BCUT2D eigenvalue weighted by molar-refractivity contribution is 9.09. The van der Waals surface area contributed by atoms with Crippen molar-refractivity contribution in [3.05, 3.63) is 11.6 Å². The second-order valence-corrected chi connectivity index (χ2v) is 5.14. The highest BCUT2D eigenvalue weighted by Crippen LogP contribution is 2.37. The summed E-state index contributed by atoms with van der Waals surface area (Å²) in [6.45, 7) is 3.07. The van der Waals surface area contributed by atoms with Gasteiger partial charge in [-0.1, -0.05) is 22.9 Å². The normalized spacial score (nSPS) is 28.4. The zero-order valence-electron chi connectivity index (χ0n) is 9.06. The molecular formula is C10H13BrN4O. The van der Waals surface area contributed by atoms with Crippen molar-refractivity contribution in [2.24, 2.45) is 5.92 Å². The molecule has 1 aromatic rings. The van der Waals surface area contributed by atoms with Gasteiger partial charge in [-0.2, -0.15) is 0 Å². The van der Waals surface area contributed by atoms with E-state index in [4.69, 9.17) is 4.74 Å². The first kappa shape index (κ1) is 10.3. The number of aromatic nitrogens is 4. The number of halogens is 1. The molecule has 2 atom stereocenters. The topological polar surface area (TPSA) is 52.8 Å². The van der Waals surface area contributed by atoms with Gasteiger partial charge in [-0.25, -0.2) is 4.68 Å². The van der Waals surface area contributed by atoms with Crippen molar-refractivity contribution in [2.75, 3.05) is 5.33 Å². The van der Waals surface area contributed by atoms with Crippen LogP contribution in [0.1, 0.15) is 25.6 Å². The molecule has 6 heteroatoms. The molecule has 0 aromatic carbocycles. The molecule has 0 saturated carbocycles. The highest BCUT2D eigenvalue weighted by Gasteiger charge is 2.32. The molecule has 3 rings (SSSR count). The Labute approximate surface area is 102 Å². The van der Waals surface area contributed by atoms with E-state index in [9.17, 15) is 0 Å². The average molecular weight is 285 g/mol. The number of hydrogen-bond acceptors (Lipinski definition) is 4. The van der Waals surface area contributed by atoms with E-state index >= 15 is 0 Å². The summed E-state index contributed by atoms with van der Waals surface area (Å²) < 4.78 is 7.81. The van der Waals surface area contributed by atoms with Gasteiger partial charge in [0.15, 0.2) is 5.82 Å². The maximum atomic E-state index is 5.92. The Balaban J connectivity index is 2.01. The van der Waals surface area contributed by atoms with Gasteiger partial charge in [0.05, 0.1) is 0 Å². The van der Waals surface area contributed by atoms with Gasteiger partial charge in [0, 0.05) is 30.3 Å². The number of allylic oxidation sites excluding steroid dienone is 1. The van der Waals surface area contributed by atoms with Crippen LogP contribution in [0.25, 0.3) is 5.57 Å². The fourth-order valence-corrected chi connectivity index (χ4v) is 2.71. The third-order valence-electron chi connectivity index (χ3n) is 3.07. The third-order valence-corrected chi connectivity index (χ3v) is 3.79. The quantitative estimate of drug-likeness (QED) is 0.736. The van der Waals surface area contributed by atoms with Crippen LogP contribution in [-0.4, -0.2) is 31.6 Å². The molecule has 0 N–H and O–H groups in total. The number of tetrazole rings is 1. The van der Waals surface area contributed by atoms with E-state index in [1.54, 1.807) is 0 Å². The molecule has 0 saturated heterocycles. The summed E-state index contributed by atoms with van der Waals surface area (Å²) >= 11 is 3.47. The number of rotatable bonds is 1. The molecule has 16 heavy (non-hydrogen) atoms. The monoisotopic (exact) mass is 284 g/mol. The SMILES string of the molecule is CC1CC2=C(CC(CBr)O2)c2nnnn2C1. The Morgan fingerprint density at radius 1 is 1.50 bits per heavy atom. The van der Waals surface area contributed by atoms with Crippen LogP contribution in [-0.2, 0) is 11.3 Å². The van der Waals surface area contributed by atoms with Gasteiger partial charge in [-0.15, -0.1) is 5.10 Å². The summed E-state index contributed by atoms with van der Waals surface area (Å²) in [5.41, 5.74) is 1.19. The van der Waals surface area contributed by atoms with E-state index in [2.05, 4.69) is 38.4 Å². The molecule has 0 radical (unpaired) electrons. The summed E-state index contributed by atoms with van der Waals surface area (Å²) in [7, 11) is 0. The number of alkyl halides is 1. The minimum Gasteiger partial charge on any atom is -0.493 e. The van der Waals surface area contributed by atoms with Gasteiger partial charge in [0.1, 0.15) is 11.9 Å². The summed E-state index contributed by atoms with van der Waals surface area (Å²) in [6.07, 6.45) is 2.12. The van der Waals surface area contributed by atoms with Crippen LogP contribution in [0.5, 0.6) is 0 Å². The van der Waals surface area contributed by atoms with Gasteiger partial charge in [0.25, 0.3) is 0 Å². The smallest absolute Gasteiger partial charge is 0.181 e. The van der Waals surface area contributed by atoms with E-state index in [0.29, 0.717) is 5.92 Å². The minimum absolute atomic E-state index is 0.237. The van der Waals surface area contributed by atoms with Crippen molar-refractivity contribution >= 4 is 21.5 Å². The van der Waals surface area contributed by atoms with E-state index in [1.165, 1.54) is 5.57 Å². The summed E-state index contributed by atoms with van der Waals surface area (Å²) in [6, 6.07) is 0. The van der Waals surface area contributed by atoms with Gasteiger partial charge in [0.2, 0.25) is 0 Å². The largest absolute Gasteiger partial charge is 0.493 e. The van der Waals surface area contributed by atoms with Gasteiger partial charge >= 0.3 is 0 Å². The van der Waals surface area contributed by atoms with Crippen LogP contribution in [0, 0.1) is 5.92 Å². The lowest BCUT2D eigenvalue weighted by Crippen LogP contribution is -2.13. The van der Waals surface area contributed by atoms with Gasteiger partial charge in [-0.05, 0) is 16.3 Å². The molecule has 2 unspecified atom stereocenters. The van der Waals surface area contributed by atoms with Crippen LogP contribution in [0.3, 0.4) is 0 Å². The number of ether oxygens (including phenoxy) is 1. The minimum atomic E-state index is 0.237. The molecule has 3 heterocycles. The molecule has 0 aliphatic carbocycles. The Hall–Kier alpha value is -0.910. The van der Waals surface area contributed by atoms with Gasteiger partial charge in [-0.3, -0.25) is 0 Å². The standard InChI is InChI=1S/C10H13BrN4O/c1-6-2-9-8(3-7(4-11)16-9)10-12-13-14-15(10)5-6/h6-7H,2-5H2,1H3. The molecule has 86 valence electrons. The molecule has 5 nitrogen and oxygen atoms in total. The molecule has 0 fully saturated rings. The molecule has 0 spiro atoms. The predicted octanol–water partition coefficient (Wildman–Crippen LogP) is 1.61. The zero-order valence-corrected chi connectivity index (χ0v) is 10.6. The Kier molecular flexibility index (Phi) is 2.46. The van der Waals surface area contributed by atoms with E-state index in [1.807, 2.05) is 4.68 Å². The van der Waals surface area contributed by atoms with Crippen LogP contribution < -0.4 is 0 Å². The van der Waals surface area contributed by atoms with Crippen molar-refractivity contribution in [1.29, 1.82) is 0 Å². The maximum Gasteiger partial charge on any atom is 0.181 e. The Morgan fingerprint density at radius 3 is 3.19 bits per heavy atom. The van der Waals surface area contributed by atoms with Crippen molar-refractivity contribution in [1.82, 2.24) is 20.2 Å².